The molecule has 3 aromatic carbocycles. The first-order valence-electron chi connectivity index (χ1n) is 28.0. The van der Waals surface area contributed by atoms with E-state index in [0.29, 0.717) is 6.42 Å². The lowest BCUT2D eigenvalue weighted by atomic mass is 9.81. The summed E-state index contributed by atoms with van der Waals surface area (Å²) < 4.78 is 72.8. The van der Waals surface area contributed by atoms with E-state index in [0.717, 1.165) is 54.9 Å². The van der Waals surface area contributed by atoms with Gasteiger partial charge in [0.25, 0.3) is 11.5 Å². The average Bonchev–Trinajstić information content (AvgIpc) is 3.54. The third-order valence-electron chi connectivity index (χ3n) is 15.5. The van der Waals surface area contributed by atoms with Crippen LogP contribution in [-0.4, -0.2) is 127 Å². The van der Waals surface area contributed by atoms with Gasteiger partial charge in [-0.05, 0) is 55.7 Å². The Morgan fingerprint density at radius 3 is 2.03 bits per heavy atom. The molecule has 0 bridgehead atoms. The highest BCUT2D eigenvalue weighted by Crippen LogP contribution is 2.40. The number of aliphatic hydroxyl groups is 1. The van der Waals surface area contributed by atoms with Gasteiger partial charge in [-0.3, -0.25) is 19.4 Å². The van der Waals surface area contributed by atoms with Crippen LogP contribution < -0.4 is 16.6 Å². The van der Waals surface area contributed by atoms with Gasteiger partial charge in [-0.1, -0.05) is 137 Å². The molecule has 0 spiro atoms. The van der Waals surface area contributed by atoms with E-state index in [4.69, 9.17) is 48.7 Å². The monoisotopic (exact) mass is 1090 g/mol. The predicted octanol–water partition coefficient (Wildman–Crippen LogP) is 6.29. The molecular weight excluding hydrogens is 1010 g/mol. The summed E-state index contributed by atoms with van der Waals surface area (Å²) in [5.41, 5.74) is 0.541. The second kappa shape index (κ2) is 28.5. The number of methoxy groups -OCH3 is 1. The van der Waals surface area contributed by atoms with E-state index in [1.165, 1.54) is 7.11 Å². The molecule has 4 fully saturated rings. The van der Waals surface area contributed by atoms with Gasteiger partial charge < -0.3 is 62.8 Å². The zero-order chi connectivity index (χ0) is 55.8. The number of rotatable bonds is 23. The molecule has 3 heterocycles. The van der Waals surface area contributed by atoms with Gasteiger partial charge in [0.15, 0.2) is 18.7 Å². The molecule has 424 valence electrons. The van der Waals surface area contributed by atoms with E-state index in [-0.39, 0.29) is 70.3 Å². The summed E-state index contributed by atoms with van der Waals surface area (Å²) in [5, 5.41) is 15.1. The van der Waals surface area contributed by atoms with Crippen molar-refractivity contribution >= 4 is 17.8 Å². The van der Waals surface area contributed by atoms with Crippen LogP contribution >= 0.6 is 0 Å². The van der Waals surface area contributed by atoms with Crippen LogP contribution in [0.2, 0.25) is 0 Å². The molecule has 4 aromatic rings. The van der Waals surface area contributed by atoms with Gasteiger partial charge in [-0.25, -0.2) is 9.59 Å². The molecule has 1 amide bonds. The van der Waals surface area contributed by atoms with Gasteiger partial charge in [0.2, 0.25) is 0 Å². The van der Waals surface area contributed by atoms with Crippen molar-refractivity contribution in [2.45, 2.75) is 172 Å². The molecule has 8 rings (SSSR count). The molecule has 4 N–H and O–H groups in total. The van der Waals surface area contributed by atoms with Crippen molar-refractivity contribution in [1.82, 2.24) is 15.3 Å². The number of carbonyl (C=O) groups excluding carboxylic acids is 3. The molecule has 2 saturated carbocycles. The summed E-state index contributed by atoms with van der Waals surface area (Å²) in [5.74, 6) is -3.83. The number of ether oxygens (including phenoxy) is 10. The van der Waals surface area contributed by atoms with Crippen LogP contribution in [0.1, 0.15) is 108 Å². The fraction of sp³-hybridized carbons (Fsp3) is 0.576. The molecule has 2 saturated heterocycles. The lowest BCUT2D eigenvalue weighted by Crippen LogP contribution is -2.63. The largest absolute Gasteiger partial charge is 0.469 e. The Kier molecular flexibility index (Phi) is 20.9. The summed E-state index contributed by atoms with van der Waals surface area (Å²) in [6.07, 6.45) is -6.18. The SMILES string of the molecule is [3H]CCOC[C@@H]1O[C@@H](O[C@@H]2CC(C(=O)OC)CC(NC(=O)c3cc(=O)[nH]c(=O)[nH]3)[C@H]2O[C@@H]2OC(C)[C@@H](C)[C@H](OCc3ccccc3)C2OCc2ccccc2)C(C)C(O[C@@H](CC2CCCCC2)C(=O)OCc2ccccc2)[C@H]1O. The molecular formula is C59H77N3O16. The summed E-state index contributed by atoms with van der Waals surface area (Å²) in [6.45, 7) is 5.90. The number of aromatic amines is 2. The van der Waals surface area contributed by atoms with E-state index < -0.39 is 114 Å². The van der Waals surface area contributed by atoms with Crippen LogP contribution in [0.5, 0.6) is 0 Å². The van der Waals surface area contributed by atoms with E-state index in [1.54, 1.807) is 6.92 Å². The first-order valence-corrected chi connectivity index (χ1v) is 27.3. The standard InChI is InChI=1S/C59H77N3O16/c1-6-70-34-47-49(64)50(75-46(27-38-19-11-7-12-20-38)56(67)73-33-41-25-17-10-18-26-41)36(3)57(77-47)76-45-29-42(55(66)69-5)28-43(60-54(65)44-30-48(63)62-59(68)61-44)52(45)78-58-53(72-32-40-23-15-9-16-24-40)51(35(2)37(4)74-58)71-31-39-21-13-8-14-22-39/h8-10,13-18,21-26,30,35-38,42-43,45-47,49-53,57-58,64H,6-7,11-12,19-20,27-29,31-34H2,1-5H3,(H,60,65)(H2,61,62,63,68)/t35-,36?,37?,42?,43?,45-,46+,47+,49+,50?,51+,52-,53?,57-,58+/m1/s1/i1T. The number of amides is 1. The van der Waals surface area contributed by atoms with Crippen molar-refractivity contribution < 1.29 is 68.2 Å². The predicted molar refractivity (Wildman–Crippen MR) is 283 cm³/mol. The number of carbonyl (C=O) groups is 3. The molecule has 15 atom stereocenters. The van der Waals surface area contributed by atoms with Crippen LogP contribution in [0.3, 0.4) is 0 Å². The first kappa shape index (κ1) is 57.1. The minimum atomic E-state index is -1.35. The van der Waals surface area contributed by atoms with E-state index in [9.17, 15) is 29.1 Å². The van der Waals surface area contributed by atoms with Crippen molar-refractivity contribution in [3.63, 3.8) is 0 Å². The van der Waals surface area contributed by atoms with Crippen molar-refractivity contribution in [2.24, 2.45) is 23.7 Å². The number of aromatic nitrogens is 2. The van der Waals surface area contributed by atoms with Crippen molar-refractivity contribution in [2.75, 3.05) is 20.3 Å². The van der Waals surface area contributed by atoms with E-state index in [2.05, 4.69) is 15.3 Å². The zero-order valence-electron chi connectivity index (χ0n) is 45.9. The smallest absolute Gasteiger partial charge is 0.335 e. The highest BCUT2D eigenvalue weighted by molar-refractivity contribution is 5.92. The van der Waals surface area contributed by atoms with Gasteiger partial charge in [-0.2, -0.15) is 0 Å². The number of nitrogens with one attached hydrogen (secondary N) is 3. The summed E-state index contributed by atoms with van der Waals surface area (Å²) >= 11 is 0. The Morgan fingerprint density at radius 2 is 1.40 bits per heavy atom. The minimum Gasteiger partial charge on any atom is -0.469 e. The Balaban J connectivity index is 1.15. The Bertz CT molecular complexity index is 2610. The Hall–Kier alpha value is -5.61. The van der Waals surface area contributed by atoms with Gasteiger partial charge >= 0.3 is 17.6 Å². The normalized spacial score (nSPS) is 30.1. The highest BCUT2D eigenvalue weighted by atomic mass is 16.7. The second-order valence-electron chi connectivity index (χ2n) is 21.0. The highest BCUT2D eigenvalue weighted by Gasteiger charge is 2.53. The average molecular weight is 1090 g/mol. The van der Waals surface area contributed by atoms with Crippen LogP contribution in [0.25, 0.3) is 0 Å². The molecule has 2 aliphatic carbocycles. The van der Waals surface area contributed by atoms with Crippen LogP contribution in [0, 0.1) is 23.7 Å². The first-order chi connectivity index (χ1) is 38.3. The van der Waals surface area contributed by atoms with Gasteiger partial charge in [0, 0.05) is 25.9 Å². The topological polar surface area (TPSA) is 241 Å². The molecule has 0 radical (unpaired) electrons. The molecule has 2 aliphatic heterocycles. The molecule has 78 heavy (non-hydrogen) atoms. The molecule has 19 nitrogen and oxygen atoms in total. The van der Waals surface area contributed by atoms with Crippen LogP contribution in [-0.2, 0) is 76.8 Å². The van der Waals surface area contributed by atoms with Crippen molar-refractivity contribution in [3.8, 4) is 0 Å². The molecule has 6 unspecified atom stereocenters. The molecule has 1 aromatic heterocycles. The van der Waals surface area contributed by atoms with Gasteiger partial charge in [-0.15, -0.1) is 0 Å². The van der Waals surface area contributed by atoms with Gasteiger partial charge in [0.05, 0.1) is 63.3 Å². The van der Waals surface area contributed by atoms with Crippen molar-refractivity contribution in [3.05, 3.63) is 140 Å². The second-order valence-corrected chi connectivity index (χ2v) is 21.0. The van der Waals surface area contributed by atoms with Crippen LogP contribution in [0.4, 0.5) is 0 Å². The quantitative estimate of drug-likeness (QED) is 0.0471. The zero-order valence-corrected chi connectivity index (χ0v) is 44.9. The lowest BCUT2D eigenvalue weighted by Gasteiger charge is -2.50. The minimum absolute atomic E-state index is 0.0187. The fourth-order valence-corrected chi connectivity index (χ4v) is 11.1. The summed E-state index contributed by atoms with van der Waals surface area (Å²) in [6, 6.07) is 28.5. The maximum Gasteiger partial charge on any atom is 0.335 e. The van der Waals surface area contributed by atoms with E-state index >= 15 is 0 Å². The summed E-state index contributed by atoms with van der Waals surface area (Å²) in [7, 11) is 1.25. The number of esters is 2. The molecule has 4 aliphatic rings. The van der Waals surface area contributed by atoms with E-state index in [1.807, 2.05) is 105 Å². The van der Waals surface area contributed by atoms with Gasteiger partial charge in [0.1, 0.15) is 36.7 Å². The maximum absolute atomic E-state index is 14.3. The third kappa shape index (κ3) is 15.6. The Morgan fingerprint density at radius 1 is 0.756 bits per heavy atom. The molecule has 19 heteroatoms. The van der Waals surface area contributed by atoms with Crippen molar-refractivity contribution in [1.29, 1.82) is 0 Å². The lowest BCUT2D eigenvalue weighted by molar-refractivity contribution is -0.343. The Labute approximate surface area is 456 Å². The van der Waals surface area contributed by atoms with Crippen LogP contribution in [0.15, 0.2) is 107 Å². The number of hydrogen-bond donors (Lipinski definition) is 4. The summed E-state index contributed by atoms with van der Waals surface area (Å²) in [4.78, 5) is 71.7. The maximum atomic E-state index is 14.3. The number of hydrogen-bond acceptors (Lipinski definition) is 16. The fourth-order valence-electron chi connectivity index (χ4n) is 11.1. The number of aliphatic hydroxyl groups excluding tert-OH is 1. The number of H-pyrrole nitrogens is 2. The number of benzene rings is 3. The third-order valence-corrected chi connectivity index (χ3v) is 15.5.